The number of carbonyl (C=O) groups excluding carboxylic acids is 1. The van der Waals surface area contributed by atoms with Crippen molar-refractivity contribution in [1.82, 2.24) is 19.4 Å². The Balaban J connectivity index is 1.29. The highest BCUT2D eigenvalue weighted by atomic mass is 32.2. The van der Waals surface area contributed by atoms with E-state index in [1.54, 1.807) is 12.1 Å². The first-order valence-corrected chi connectivity index (χ1v) is 12.6. The van der Waals surface area contributed by atoms with Gasteiger partial charge in [-0.3, -0.25) is 9.89 Å². The van der Waals surface area contributed by atoms with Crippen LogP contribution < -0.4 is 16.0 Å². The van der Waals surface area contributed by atoms with Crippen LogP contribution in [0.3, 0.4) is 0 Å². The first-order chi connectivity index (χ1) is 16.7. The standard InChI is InChI=1S/C23H26FN7O3S/c1-29-7-9-30(10-8-29)21-6-5-15(11-19(21)25)23(32)26-22-18-13-31(14-20(18)27-28-22)35(33,34)17-4-2-3-16(24)12-17/h2-6,11-12H,7-10,13-14,25H2,1H3,(H2,26,27,28,32). The number of carbonyl (C=O) groups is 1. The summed E-state index contributed by atoms with van der Waals surface area (Å²) in [4.78, 5) is 17.2. The third-order valence-corrected chi connectivity index (χ3v) is 8.21. The molecule has 2 aliphatic heterocycles. The van der Waals surface area contributed by atoms with Gasteiger partial charge in [-0.05, 0) is 43.4 Å². The number of nitrogens with one attached hydrogen (secondary N) is 2. The highest BCUT2D eigenvalue weighted by Crippen LogP contribution is 2.32. The van der Waals surface area contributed by atoms with Gasteiger partial charge in [0.05, 0.1) is 28.5 Å². The lowest BCUT2D eigenvalue weighted by atomic mass is 10.1. The predicted molar refractivity (Wildman–Crippen MR) is 130 cm³/mol. The number of H-pyrrole nitrogens is 1. The second kappa shape index (κ2) is 8.95. The monoisotopic (exact) mass is 499 g/mol. The smallest absolute Gasteiger partial charge is 0.256 e. The van der Waals surface area contributed by atoms with Crippen LogP contribution in [0.4, 0.5) is 21.6 Å². The third-order valence-electron chi connectivity index (χ3n) is 6.42. The van der Waals surface area contributed by atoms with Crippen molar-refractivity contribution in [3.63, 3.8) is 0 Å². The molecular formula is C23H26FN7O3S. The number of hydrogen-bond donors (Lipinski definition) is 3. The Bertz CT molecular complexity index is 1380. The molecule has 0 unspecified atom stereocenters. The lowest BCUT2D eigenvalue weighted by Gasteiger charge is -2.34. The highest BCUT2D eigenvalue weighted by molar-refractivity contribution is 7.89. The summed E-state index contributed by atoms with van der Waals surface area (Å²) in [6.45, 7) is 3.66. The fourth-order valence-corrected chi connectivity index (χ4v) is 5.78. The van der Waals surface area contributed by atoms with E-state index in [9.17, 15) is 17.6 Å². The number of nitrogens with two attached hydrogens (primary N) is 1. The maximum atomic E-state index is 13.6. The van der Waals surface area contributed by atoms with Crippen molar-refractivity contribution < 1.29 is 17.6 Å². The van der Waals surface area contributed by atoms with E-state index in [0.717, 1.165) is 37.9 Å². The zero-order valence-electron chi connectivity index (χ0n) is 19.2. The van der Waals surface area contributed by atoms with E-state index >= 15 is 0 Å². The molecule has 35 heavy (non-hydrogen) atoms. The highest BCUT2D eigenvalue weighted by Gasteiger charge is 2.34. The van der Waals surface area contributed by atoms with Gasteiger partial charge in [-0.25, -0.2) is 12.8 Å². The molecule has 3 heterocycles. The van der Waals surface area contributed by atoms with Gasteiger partial charge in [0.15, 0.2) is 5.82 Å². The molecule has 5 rings (SSSR count). The average molecular weight is 500 g/mol. The lowest BCUT2D eigenvalue weighted by molar-refractivity contribution is 0.102. The average Bonchev–Trinajstić information content (AvgIpc) is 3.42. The summed E-state index contributed by atoms with van der Waals surface area (Å²) >= 11 is 0. The first-order valence-electron chi connectivity index (χ1n) is 11.2. The van der Waals surface area contributed by atoms with Gasteiger partial charge in [0, 0.05) is 43.9 Å². The number of nitrogens with zero attached hydrogens (tertiary/aromatic N) is 4. The summed E-state index contributed by atoms with van der Waals surface area (Å²) in [6.07, 6.45) is 0. The molecule has 3 aromatic rings. The number of nitrogen functional groups attached to an aromatic ring is 1. The number of aromatic amines is 1. The number of benzene rings is 2. The number of piperazine rings is 1. The van der Waals surface area contributed by atoms with Crippen molar-refractivity contribution in [3.8, 4) is 0 Å². The minimum Gasteiger partial charge on any atom is -0.397 e. The quantitative estimate of drug-likeness (QED) is 0.457. The minimum absolute atomic E-state index is 0.00474. The second-order valence-electron chi connectivity index (χ2n) is 8.78. The van der Waals surface area contributed by atoms with Crippen LogP contribution in [0.2, 0.25) is 0 Å². The normalized spacial score (nSPS) is 16.9. The van der Waals surface area contributed by atoms with Gasteiger partial charge in [0.2, 0.25) is 10.0 Å². The molecule has 1 aromatic heterocycles. The van der Waals surface area contributed by atoms with E-state index in [1.807, 2.05) is 6.07 Å². The number of sulfonamides is 1. The Hall–Kier alpha value is -3.48. The SMILES string of the molecule is CN1CCN(c2ccc(C(=O)Nc3n[nH]c4c3CN(S(=O)(=O)c3cccc(F)c3)C4)cc2N)CC1. The molecule has 0 saturated carbocycles. The Labute approximate surface area is 202 Å². The Morgan fingerprint density at radius 1 is 1.11 bits per heavy atom. The number of likely N-dealkylation sites (N-methyl/N-ethyl adjacent to an activating group) is 1. The van der Waals surface area contributed by atoms with Crippen LogP contribution in [0.25, 0.3) is 0 Å². The van der Waals surface area contributed by atoms with Crippen molar-refractivity contribution in [1.29, 1.82) is 0 Å². The van der Waals surface area contributed by atoms with Crippen LogP contribution in [-0.4, -0.2) is 67.0 Å². The molecule has 2 aromatic carbocycles. The van der Waals surface area contributed by atoms with E-state index in [1.165, 1.54) is 22.5 Å². The zero-order valence-corrected chi connectivity index (χ0v) is 20.0. The summed E-state index contributed by atoms with van der Waals surface area (Å²) in [5.41, 5.74) is 9.19. The molecule has 1 saturated heterocycles. The van der Waals surface area contributed by atoms with Crippen LogP contribution in [0.15, 0.2) is 47.4 Å². The van der Waals surface area contributed by atoms with Gasteiger partial charge in [0.25, 0.3) is 5.91 Å². The summed E-state index contributed by atoms with van der Waals surface area (Å²) in [6, 6.07) is 10.1. The van der Waals surface area contributed by atoms with Crippen molar-refractivity contribution >= 4 is 33.1 Å². The molecule has 0 radical (unpaired) electrons. The van der Waals surface area contributed by atoms with Crippen molar-refractivity contribution in [2.75, 3.05) is 49.2 Å². The van der Waals surface area contributed by atoms with Gasteiger partial charge < -0.3 is 20.9 Å². The molecule has 184 valence electrons. The largest absolute Gasteiger partial charge is 0.397 e. The number of amides is 1. The van der Waals surface area contributed by atoms with E-state index in [0.29, 0.717) is 22.5 Å². The molecule has 1 fully saturated rings. The summed E-state index contributed by atoms with van der Waals surface area (Å²) < 4.78 is 40.7. The van der Waals surface area contributed by atoms with Gasteiger partial charge in [-0.15, -0.1) is 0 Å². The summed E-state index contributed by atoms with van der Waals surface area (Å²) in [5, 5.41) is 9.69. The molecule has 0 aliphatic carbocycles. The van der Waals surface area contributed by atoms with Crippen molar-refractivity contribution in [2.24, 2.45) is 0 Å². The molecule has 0 spiro atoms. The third kappa shape index (κ3) is 4.47. The Kier molecular flexibility index (Phi) is 5.95. The molecule has 4 N–H and O–H groups in total. The van der Waals surface area contributed by atoms with Gasteiger partial charge in [-0.2, -0.15) is 9.40 Å². The zero-order chi connectivity index (χ0) is 24.7. The second-order valence-corrected chi connectivity index (χ2v) is 10.7. The number of hydrogen-bond acceptors (Lipinski definition) is 7. The van der Waals surface area contributed by atoms with E-state index < -0.39 is 21.7 Å². The van der Waals surface area contributed by atoms with Crippen molar-refractivity contribution in [2.45, 2.75) is 18.0 Å². The summed E-state index contributed by atoms with van der Waals surface area (Å²) in [5.74, 6) is -0.776. The molecule has 12 heteroatoms. The predicted octanol–water partition coefficient (Wildman–Crippen LogP) is 1.84. The van der Waals surface area contributed by atoms with E-state index in [4.69, 9.17) is 5.73 Å². The van der Waals surface area contributed by atoms with E-state index in [2.05, 4.69) is 32.4 Å². The molecule has 0 bridgehead atoms. The number of fused-ring (bicyclic) bond motifs is 1. The molecule has 0 atom stereocenters. The number of aromatic nitrogens is 2. The van der Waals surface area contributed by atoms with Gasteiger partial charge in [0.1, 0.15) is 5.82 Å². The van der Waals surface area contributed by atoms with Crippen LogP contribution >= 0.6 is 0 Å². The topological polar surface area (TPSA) is 128 Å². The molecule has 1 amide bonds. The van der Waals surface area contributed by atoms with Crippen LogP contribution in [0, 0.1) is 5.82 Å². The van der Waals surface area contributed by atoms with Gasteiger partial charge >= 0.3 is 0 Å². The van der Waals surface area contributed by atoms with Crippen LogP contribution in [0.1, 0.15) is 21.6 Å². The van der Waals surface area contributed by atoms with Crippen LogP contribution in [0.5, 0.6) is 0 Å². The number of rotatable bonds is 5. The first kappa shape index (κ1) is 23.3. The maximum absolute atomic E-state index is 13.6. The lowest BCUT2D eigenvalue weighted by Crippen LogP contribution is -2.44. The van der Waals surface area contributed by atoms with Crippen molar-refractivity contribution in [3.05, 3.63) is 65.1 Å². The molecule has 10 nitrogen and oxygen atoms in total. The fourth-order valence-electron chi connectivity index (χ4n) is 4.37. The summed E-state index contributed by atoms with van der Waals surface area (Å²) in [7, 11) is -1.83. The minimum atomic E-state index is -3.91. The fraction of sp³-hybridized carbons (Fsp3) is 0.304. The maximum Gasteiger partial charge on any atom is 0.256 e. The Morgan fingerprint density at radius 3 is 2.60 bits per heavy atom. The Morgan fingerprint density at radius 2 is 1.89 bits per heavy atom. The number of anilines is 3. The van der Waals surface area contributed by atoms with E-state index in [-0.39, 0.29) is 23.8 Å². The molecular weight excluding hydrogens is 473 g/mol. The molecule has 2 aliphatic rings. The number of halogens is 1. The van der Waals surface area contributed by atoms with Crippen LogP contribution in [-0.2, 0) is 23.1 Å². The van der Waals surface area contributed by atoms with Gasteiger partial charge in [-0.1, -0.05) is 6.07 Å².